The quantitative estimate of drug-likeness (QED) is 0.841. The average Bonchev–Trinajstić information content (AvgIpc) is 3.03. The van der Waals surface area contributed by atoms with Crippen molar-refractivity contribution in [2.75, 3.05) is 24.5 Å². The molecule has 1 amide bonds. The van der Waals surface area contributed by atoms with Gasteiger partial charge in [0, 0.05) is 25.6 Å². The lowest BCUT2D eigenvalue weighted by Crippen LogP contribution is -2.42. The molecule has 2 heterocycles. The van der Waals surface area contributed by atoms with Crippen molar-refractivity contribution >= 4 is 23.0 Å². The number of carbonyl (C=O) groups excluding carboxylic acids is 1. The van der Waals surface area contributed by atoms with Crippen molar-refractivity contribution in [2.24, 2.45) is 11.8 Å². The van der Waals surface area contributed by atoms with Crippen LogP contribution in [0.1, 0.15) is 33.1 Å². The average molecular weight is 345 g/mol. The number of anilines is 1. The standard InChI is InChI=1S/C19H27N3O3/c1-13(2)11-15(23)12-20-18(24)14-7-9-22(10-8-14)19-21-16-5-3-4-6-17(16)25-19/h3-6,13-15,23H,7-12H2,1-2H3,(H,20,24). The fourth-order valence-electron chi connectivity index (χ4n) is 3.32. The van der Waals surface area contributed by atoms with E-state index < -0.39 is 6.10 Å². The highest BCUT2D eigenvalue weighted by Gasteiger charge is 2.27. The van der Waals surface area contributed by atoms with Gasteiger partial charge in [-0.05, 0) is 37.3 Å². The van der Waals surface area contributed by atoms with E-state index >= 15 is 0 Å². The summed E-state index contributed by atoms with van der Waals surface area (Å²) in [6.45, 7) is 5.96. The van der Waals surface area contributed by atoms with Gasteiger partial charge in [0.2, 0.25) is 5.91 Å². The van der Waals surface area contributed by atoms with Gasteiger partial charge in [0.15, 0.2) is 5.58 Å². The van der Waals surface area contributed by atoms with Crippen LogP contribution in [0.4, 0.5) is 6.01 Å². The minimum atomic E-state index is -0.469. The Morgan fingerprint density at radius 1 is 1.36 bits per heavy atom. The second kappa shape index (κ2) is 7.87. The van der Waals surface area contributed by atoms with E-state index in [1.807, 2.05) is 24.3 Å². The van der Waals surface area contributed by atoms with Crippen LogP contribution >= 0.6 is 0 Å². The number of fused-ring (bicyclic) bond motifs is 1. The monoisotopic (exact) mass is 345 g/mol. The molecular weight excluding hydrogens is 318 g/mol. The molecule has 136 valence electrons. The number of benzene rings is 1. The highest BCUT2D eigenvalue weighted by molar-refractivity contribution is 5.79. The van der Waals surface area contributed by atoms with Gasteiger partial charge in [0.05, 0.1) is 6.10 Å². The third-order valence-electron chi connectivity index (χ3n) is 4.67. The predicted molar refractivity (Wildman–Crippen MR) is 97.4 cm³/mol. The maximum atomic E-state index is 12.3. The Hall–Kier alpha value is -2.08. The first-order valence-corrected chi connectivity index (χ1v) is 9.09. The summed E-state index contributed by atoms with van der Waals surface area (Å²) in [5.41, 5.74) is 1.65. The van der Waals surface area contributed by atoms with Crippen LogP contribution in [0.5, 0.6) is 0 Å². The number of hydrogen-bond acceptors (Lipinski definition) is 5. The minimum absolute atomic E-state index is 0.00752. The maximum Gasteiger partial charge on any atom is 0.298 e. The summed E-state index contributed by atoms with van der Waals surface area (Å²) >= 11 is 0. The molecule has 0 radical (unpaired) electrons. The van der Waals surface area contributed by atoms with E-state index in [-0.39, 0.29) is 11.8 Å². The molecule has 0 bridgehead atoms. The largest absolute Gasteiger partial charge is 0.423 e. The van der Waals surface area contributed by atoms with Crippen molar-refractivity contribution in [3.05, 3.63) is 24.3 Å². The van der Waals surface area contributed by atoms with Crippen LogP contribution < -0.4 is 10.2 Å². The van der Waals surface area contributed by atoms with E-state index in [9.17, 15) is 9.90 Å². The number of hydrogen-bond donors (Lipinski definition) is 2. The molecule has 1 saturated heterocycles. The molecule has 3 rings (SSSR count). The number of oxazole rings is 1. The molecule has 1 aromatic carbocycles. The van der Waals surface area contributed by atoms with Gasteiger partial charge >= 0.3 is 0 Å². The van der Waals surface area contributed by atoms with Crippen LogP contribution in [0.2, 0.25) is 0 Å². The summed E-state index contributed by atoms with van der Waals surface area (Å²) < 4.78 is 5.80. The van der Waals surface area contributed by atoms with Crippen LogP contribution in [0, 0.1) is 11.8 Å². The fourth-order valence-corrected chi connectivity index (χ4v) is 3.32. The lowest BCUT2D eigenvalue weighted by Gasteiger charge is -2.30. The Morgan fingerprint density at radius 2 is 2.08 bits per heavy atom. The summed E-state index contributed by atoms with van der Waals surface area (Å²) in [4.78, 5) is 18.9. The molecule has 6 heteroatoms. The minimum Gasteiger partial charge on any atom is -0.423 e. The van der Waals surface area contributed by atoms with Crippen molar-refractivity contribution in [3.8, 4) is 0 Å². The first-order chi connectivity index (χ1) is 12.0. The zero-order chi connectivity index (χ0) is 17.8. The van der Waals surface area contributed by atoms with Crippen LogP contribution in [-0.4, -0.2) is 41.7 Å². The van der Waals surface area contributed by atoms with Crippen molar-refractivity contribution in [3.63, 3.8) is 0 Å². The number of aromatic nitrogens is 1. The molecular formula is C19H27N3O3. The lowest BCUT2D eigenvalue weighted by molar-refractivity contribution is -0.126. The molecule has 1 aromatic heterocycles. The molecule has 0 saturated carbocycles. The smallest absolute Gasteiger partial charge is 0.298 e. The van der Waals surface area contributed by atoms with E-state index in [1.165, 1.54) is 0 Å². The summed E-state index contributed by atoms with van der Waals surface area (Å²) in [6.07, 6.45) is 1.77. The first kappa shape index (κ1) is 17.7. The number of carbonyl (C=O) groups is 1. The number of nitrogens with one attached hydrogen (secondary N) is 1. The lowest BCUT2D eigenvalue weighted by atomic mass is 9.96. The highest BCUT2D eigenvalue weighted by Crippen LogP contribution is 2.26. The zero-order valence-corrected chi connectivity index (χ0v) is 14.9. The van der Waals surface area contributed by atoms with Gasteiger partial charge in [-0.15, -0.1) is 0 Å². The molecule has 6 nitrogen and oxygen atoms in total. The van der Waals surface area contributed by atoms with E-state index in [0.29, 0.717) is 24.9 Å². The van der Waals surface area contributed by atoms with E-state index in [0.717, 1.165) is 37.0 Å². The maximum absolute atomic E-state index is 12.3. The van der Waals surface area contributed by atoms with Crippen molar-refractivity contribution in [1.82, 2.24) is 10.3 Å². The molecule has 0 aliphatic carbocycles. The van der Waals surface area contributed by atoms with Gasteiger partial charge in [-0.2, -0.15) is 4.98 Å². The summed E-state index contributed by atoms with van der Waals surface area (Å²) in [7, 11) is 0. The third-order valence-corrected chi connectivity index (χ3v) is 4.67. The molecule has 1 fully saturated rings. The Bertz CT molecular complexity index is 672. The molecule has 1 atom stereocenters. The second-order valence-corrected chi connectivity index (χ2v) is 7.25. The van der Waals surface area contributed by atoms with Gasteiger partial charge in [-0.25, -0.2) is 0 Å². The SMILES string of the molecule is CC(C)CC(O)CNC(=O)C1CCN(c2nc3ccccc3o2)CC1. The number of amides is 1. The Balaban J connectivity index is 1.48. The number of para-hydroxylation sites is 2. The summed E-state index contributed by atoms with van der Waals surface area (Å²) in [5.74, 6) is 0.457. The van der Waals surface area contributed by atoms with Crippen LogP contribution in [0.25, 0.3) is 11.1 Å². The van der Waals surface area contributed by atoms with Gasteiger partial charge in [0.1, 0.15) is 5.52 Å². The van der Waals surface area contributed by atoms with E-state index in [1.54, 1.807) is 0 Å². The summed E-state index contributed by atoms with van der Waals surface area (Å²) in [5, 5.41) is 12.8. The molecule has 0 spiro atoms. The van der Waals surface area contributed by atoms with Gasteiger partial charge in [0.25, 0.3) is 6.01 Å². The number of nitrogens with zero attached hydrogens (tertiary/aromatic N) is 2. The Morgan fingerprint density at radius 3 is 2.76 bits per heavy atom. The topological polar surface area (TPSA) is 78.6 Å². The van der Waals surface area contributed by atoms with Crippen molar-refractivity contribution in [2.45, 2.75) is 39.2 Å². The zero-order valence-electron chi connectivity index (χ0n) is 14.9. The molecule has 1 aliphatic rings. The Kier molecular flexibility index (Phi) is 5.58. The second-order valence-electron chi connectivity index (χ2n) is 7.25. The van der Waals surface area contributed by atoms with E-state index in [4.69, 9.17) is 4.42 Å². The molecule has 1 aliphatic heterocycles. The highest BCUT2D eigenvalue weighted by atomic mass is 16.4. The fraction of sp³-hybridized carbons (Fsp3) is 0.579. The Labute approximate surface area is 148 Å². The van der Waals surface area contributed by atoms with Crippen LogP contribution in [-0.2, 0) is 4.79 Å². The van der Waals surface area contributed by atoms with Gasteiger partial charge in [-0.1, -0.05) is 26.0 Å². The number of aliphatic hydroxyl groups is 1. The number of piperidine rings is 1. The predicted octanol–water partition coefficient (Wildman–Crippen LogP) is 2.57. The van der Waals surface area contributed by atoms with Crippen molar-refractivity contribution < 1.29 is 14.3 Å². The van der Waals surface area contributed by atoms with Gasteiger partial charge < -0.3 is 19.7 Å². The molecule has 25 heavy (non-hydrogen) atoms. The first-order valence-electron chi connectivity index (χ1n) is 9.09. The molecule has 1 unspecified atom stereocenters. The van der Waals surface area contributed by atoms with Gasteiger partial charge in [-0.3, -0.25) is 4.79 Å². The molecule has 2 N–H and O–H groups in total. The number of rotatable bonds is 6. The van der Waals surface area contributed by atoms with E-state index in [2.05, 4.69) is 29.0 Å². The van der Waals surface area contributed by atoms with Crippen LogP contribution in [0.3, 0.4) is 0 Å². The molecule has 2 aromatic rings. The van der Waals surface area contributed by atoms with Crippen molar-refractivity contribution in [1.29, 1.82) is 0 Å². The van der Waals surface area contributed by atoms with Crippen LogP contribution in [0.15, 0.2) is 28.7 Å². The summed E-state index contributed by atoms with van der Waals surface area (Å²) in [6, 6.07) is 8.35. The number of aliphatic hydroxyl groups excluding tert-OH is 1. The third kappa shape index (κ3) is 4.51. The normalized spacial score (nSPS) is 17.2.